The van der Waals surface area contributed by atoms with E-state index in [0.717, 1.165) is 6.04 Å². The summed E-state index contributed by atoms with van der Waals surface area (Å²) in [5.41, 5.74) is 6.91. The zero-order valence-electron chi connectivity index (χ0n) is 13.3. The van der Waals surface area contributed by atoms with Gasteiger partial charge in [-0.15, -0.1) is 0 Å². The van der Waals surface area contributed by atoms with Crippen molar-refractivity contribution in [3.05, 3.63) is 0 Å². The van der Waals surface area contributed by atoms with E-state index in [9.17, 15) is 0 Å². The van der Waals surface area contributed by atoms with Crippen LogP contribution in [0.15, 0.2) is 0 Å². The van der Waals surface area contributed by atoms with Gasteiger partial charge in [-0.2, -0.15) is 0 Å². The zero-order valence-corrected chi connectivity index (χ0v) is 13.3. The Bertz CT molecular complexity index is 268. The maximum atomic E-state index is 6.41. The van der Waals surface area contributed by atoms with Gasteiger partial charge in [0.05, 0.1) is 0 Å². The van der Waals surface area contributed by atoms with Gasteiger partial charge in [0.2, 0.25) is 0 Å². The number of hydrogen-bond donors (Lipinski definition) is 1. The lowest BCUT2D eigenvalue weighted by Crippen LogP contribution is -2.48. The lowest BCUT2D eigenvalue weighted by molar-refractivity contribution is 0.0834. The van der Waals surface area contributed by atoms with Crippen molar-refractivity contribution in [3.63, 3.8) is 0 Å². The molecule has 2 saturated carbocycles. The Hall–Kier alpha value is -0.0800. The van der Waals surface area contributed by atoms with E-state index in [1.54, 1.807) is 0 Å². The molecule has 0 saturated heterocycles. The van der Waals surface area contributed by atoms with Crippen molar-refractivity contribution in [3.8, 4) is 0 Å². The van der Waals surface area contributed by atoms with Crippen LogP contribution >= 0.6 is 0 Å². The molecule has 0 amide bonds. The molecule has 0 aromatic heterocycles. The number of rotatable bonds is 4. The van der Waals surface area contributed by atoms with Crippen LogP contribution in [0.2, 0.25) is 0 Å². The van der Waals surface area contributed by atoms with E-state index < -0.39 is 0 Å². The molecule has 0 aliphatic heterocycles. The predicted molar refractivity (Wildman–Crippen MR) is 83.2 cm³/mol. The molecule has 19 heavy (non-hydrogen) atoms. The van der Waals surface area contributed by atoms with Crippen LogP contribution in [-0.4, -0.2) is 30.1 Å². The van der Waals surface area contributed by atoms with Crippen LogP contribution in [0.25, 0.3) is 0 Å². The second kappa shape index (κ2) is 6.58. The molecule has 2 aliphatic carbocycles. The van der Waals surface area contributed by atoms with Crippen LogP contribution < -0.4 is 5.73 Å². The van der Waals surface area contributed by atoms with Gasteiger partial charge in [0.15, 0.2) is 0 Å². The molecule has 2 atom stereocenters. The van der Waals surface area contributed by atoms with Crippen LogP contribution in [0, 0.1) is 11.3 Å². The van der Waals surface area contributed by atoms with Gasteiger partial charge in [-0.05, 0) is 50.0 Å². The number of nitrogens with two attached hydrogens (primary N) is 1. The Labute approximate surface area is 120 Å². The average molecular weight is 266 g/mol. The molecule has 2 nitrogen and oxygen atoms in total. The predicted octanol–water partition coefficient (Wildman–Crippen LogP) is 3.79. The summed E-state index contributed by atoms with van der Waals surface area (Å²) < 4.78 is 0. The van der Waals surface area contributed by atoms with Crippen molar-refractivity contribution < 1.29 is 0 Å². The fourth-order valence-electron chi connectivity index (χ4n) is 4.24. The highest BCUT2D eigenvalue weighted by Gasteiger charge is 2.34. The van der Waals surface area contributed by atoms with E-state index in [0.29, 0.717) is 17.4 Å². The first-order valence-corrected chi connectivity index (χ1v) is 8.51. The standard InChI is InChI=1S/C17H34N2/c1-4-19(15-8-6-5-7-9-15)13-14-12-17(2,3)11-10-16(14)18/h14-16H,4-13,18H2,1-3H3. The van der Waals surface area contributed by atoms with E-state index in [2.05, 4.69) is 25.7 Å². The van der Waals surface area contributed by atoms with Crippen molar-refractivity contribution in [1.29, 1.82) is 0 Å². The third kappa shape index (κ3) is 4.19. The van der Waals surface area contributed by atoms with E-state index in [-0.39, 0.29) is 0 Å². The van der Waals surface area contributed by atoms with Crippen LogP contribution in [0.5, 0.6) is 0 Å². The topological polar surface area (TPSA) is 29.3 Å². The summed E-state index contributed by atoms with van der Waals surface area (Å²) in [4.78, 5) is 2.74. The Kier molecular flexibility index (Phi) is 5.30. The molecule has 2 rings (SSSR count). The Balaban J connectivity index is 1.92. The van der Waals surface area contributed by atoms with Crippen molar-refractivity contribution in [2.75, 3.05) is 13.1 Å². The molecule has 2 unspecified atom stereocenters. The highest BCUT2D eigenvalue weighted by molar-refractivity contribution is 4.89. The average Bonchev–Trinajstić information content (AvgIpc) is 2.40. The molecule has 0 radical (unpaired) electrons. The number of nitrogens with zero attached hydrogens (tertiary/aromatic N) is 1. The normalized spacial score (nSPS) is 32.7. The highest BCUT2D eigenvalue weighted by Crippen LogP contribution is 2.38. The fraction of sp³-hybridized carbons (Fsp3) is 1.00. The summed E-state index contributed by atoms with van der Waals surface area (Å²) in [6, 6.07) is 1.28. The molecule has 2 N–H and O–H groups in total. The van der Waals surface area contributed by atoms with Crippen LogP contribution in [-0.2, 0) is 0 Å². The minimum absolute atomic E-state index is 0.436. The van der Waals surface area contributed by atoms with E-state index in [4.69, 9.17) is 5.73 Å². The maximum Gasteiger partial charge on any atom is 0.00952 e. The van der Waals surface area contributed by atoms with E-state index in [1.807, 2.05) is 0 Å². The second-order valence-corrected chi connectivity index (χ2v) is 7.71. The summed E-state index contributed by atoms with van der Waals surface area (Å²) in [6.45, 7) is 9.61. The van der Waals surface area contributed by atoms with Gasteiger partial charge in [-0.1, -0.05) is 40.0 Å². The van der Waals surface area contributed by atoms with Gasteiger partial charge in [0.1, 0.15) is 0 Å². The van der Waals surface area contributed by atoms with Crippen molar-refractivity contribution in [2.45, 2.75) is 84.2 Å². The van der Waals surface area contributed by atoms with Crippen molar-refractivity contribution in [1.82, 2.24) is 4.90 Å². The lowest BCUT2D eigenvalue weighted by atomic mass is 9.70. The molecule has 2 heteroatoms. The molecular weight excluding hydrogens is 232 g/mol. The Morgan fingerprint density at radius 2 is 1.79 bits per heavy atom. The van der Waals surface area contributed by atoms with E-state index in [1.165, 1.54) is 64.5 Å². The van der Waals surface area contributed by atoms with Gasteiger partial charge in [-0.25, -0.2) is 0 Å². The molecule has 0 spiro atoms. The van der Waals surface area contributed by atoms with Gasteiger partial charge in [-0.3, -0.25) is 0 Å². The maximum absolute atomic E-state index is 6.41. The molecule has 0 aromatic rings. The molecular formula is C17H34N2. The zero-order chi connectivity index (χ0) is 13.9. The molecule has 0 heterocycles. The molecule has 2 aliphatic rings. The smallest absolute Gasteiger partial charge is 0.00952 e. The summed E-state index contributed by atoms with van der Waals surface area (Å²) in [7, 11) is 0. The highest BCUT2D eigenvalue weighted by atomic mass is 15.2. The van der Waals surface area contributed by atoms with Crippen molar-refractivity contribution >= 4 is 0 Å². The lowest BCUT2D eigenvalue weighted by Gasteiger charge is -2.43. The first-order chi connectivity index (χ1) is 9.02. The summed E-state index contributed by atoms with van der Waals surface area (Å²) in [6.07, 6.45) is 11.0. The summed E-state index contributed by atoms with van der Waals surface area (Å²) in [5, 5.41) is 0. The largest absolute Gasteiger partial charge is 0.327 e. The van der Waals surface area contributed by atoms with Crippen LogP contribution in [0.3, 0.4) is 0 Å². The third-order valence-electron chi connectivity index (χ3n) is 5.54. The first-order valence-electron chi connectivity index (χ1n) is 8.51. The van der Waals surface area contributed by atoms with Crippen LogP contribution in [0.4, 0.5) is 0 Å². The van der Waals surface area contributed by atoms with Gasteiger partial charge < -0.3 is 10.6 Å². The van der Waals surface area contributed by atoms with Gasteiger partial charge >= 0.3 is 0 Å². The molecule has 112 valence electrons. The minimum atomic E-state index is 0.436. The Morgan fingerprint density at radius 3 is 2.42 bits per heavy atom. The second-order valence-electron chi connectivity index (χ2n) is 7.71. The van der Waals surface area contributed by atoms with Crippen molar-refractivity contribution in [2.24, 2.45) is 17.1 Å². The summed E-state index contributed by atoms with van der Waals surface area (Å²) in [5.74, 6) is 0.714. The van der Waals surface area contributed by atoms with Gasteiger partial charge in [0, 0.05) is 18.6 Å². The molecule has 2 fully saturated rings. The fourth-order valence-corrected chi connectivity index (χ4v) is 4.24. The minimum Gasteiger partial charge on any atom is -0.327 e. The summed E-state index contributed by atoms with van der Waals surface area (Å²) >= 11 is 0. The number of hydrogen-bond acceptors (Lipinski definition) is 2. The first kappa shape index (κ1) is 15.3. The van der Waals surface area contributed by atoms with E-state index >= 15 is 0 Å². The third-order valence-corrected chi connectivity index (χ3v) is 5.54. The van der Waals surface area contributed by atoms with Crippen LogP contribution in [0.1, 0.15) is 72.1 Å². The van der Waals surface area contributed by atoms with Gasteiger partial charge in [0.25, 0.3) is 0 Å². The molecule has 0 bridgehead atoms. The monoisotopic (exact) mass is 266 g/mol. The quantitative estimate of drug-likeness (QED) is 0.838. The Morgan fingerprint density at radius 1 is 1.11 bits per heavy atom. The molecule has 0 aromatic carbocycles. The SMILES string of the molecule is CCN(CC1CC(C)(C)CCC1N)C1CCCCC1.